The Balaban J connectivity index is 1.33. The zero-order chi connectivity index (χ0) is 26.3. The van der Waals surface area contributed by atoms with E-state index in [0.717, 1.165) is 23.4 Å². The Hall–Kier alpha value is -3.84. The first-order valence-electron chi connectivity index (χ1n) is 12.6. The van der Waals surface area contributed by atoms with Gasteiger partial charge < -0.3 is 19.5 Å². The minimum absolute atomic E-state index is 0.126. The third-order valence-electron chi connectivity index (χ3n) is 6.69. The predicted octanol–water partition coefficient (Wildman–Crippen LogP) is 3.62. The Kier molecular flexibility index (Phi) is 6.42. The number of ether oxygens (including phenoxy) is 2. The summed E-state index contributed by atoms with van der Waals surface area (Å²) in [4.78, 5) is 21.4. The van der Waals surface area contributed by atoms with Crippen LogP contribution in [0.5, 0.6) is 5.88 Å². The molecule has 37 heavy (non-hydrogen) atoms. The second kappa shape index (κ2) is 9.56. The largest absolute Gasteiger partial charge is 0.476 e. The lowest BCUT2D eigenvalue weighted by Gasteiger charge is -2.56. The fraction of sp³-hybridized carbons (Fsp3) is 0.481. The van der Waals surface area contributed by atoms with Crippen molar-refractivity contribution in [2.24, 2.45) is 0 Å². The summed E-state index contributed by atoms with van der Waals surface area (Å²) in [6, 6.07) is 10.2. The van der Waals surface area contributed by atoms with Gasteiger partial charge in [0.05, 0.1) is 30.3 Å². The zero-order valence-corrected chi connectivity index (χ0v) is 21.6. The predicted molar refractivity (Wildman–Crippen MR) is 137 cm³/mol. The van der Waals surface area contributed by atoms with Crippen LogP contribution in [0.3, 0.4) is 0 Å². The Morgan fingerprint density at radius 3 is 2.65 bits per heavy atom. The number of pyridine rings is 2. The van der Waals surface area contributed by atoms with Crippen molar-refractivity contribution < 1.29 is 19.4 Å². The highest BCUT2D eigenvalue weighted by Gasteiger charge is 2.49. The summed E-state index contributed by atoms with van der Waals surface area (Å²) in [7, 11) is 0. The molecule has 0 aliphatic carbocycles. The SMILES string of the molecule is CC(O)CCOc1nn2cccc(-c3ccc(N4CC5CC(C4)N5C(=O)OC(C)(C)C)nc3)c2c1C#N. The maximum Gasteiger partial charge on any atom is 0.410 e. The van der Waals surface area contributed by atoms with Crippen LogP contribution in [0.2, 0.25) is 0 Å². The number of fused-ring (bicyclic) bond motifs is 3. The van der Waals surface area contributed by atoms with Crippen LogP contribution in [0.25, 0.3) is 16.6 Å². The summed E-state index contributed by atoms with van der Waals surface area (Å²) in [6.07, 6.45) is 4.28. The number of anilines is 1. The summed E-state index contributed by atoms with van der Waals surface area (Å²) in [5.74, 6) is 1.10. The first kappa shape index (κ1) is 24.8. The van der Waals surface area contributed by atoms with Crippen LogP contribution in [0.4, 0.5) is 10.6 Å². The molecule has 3 saturated heterocycles. The molecular weight excluding hydrogens is 472 g/mol. The lowest BCUT2D eigenvalue weighted by molar-refractivity contribution is -0.0380. The molecule has 0 spiro atoms. The number of aliphatic hydroxyl groups is 1. The van der Waals surface area contributed by atoms with Crippen LogP contribution in [0.15, 0.2) is 36.7 Å². The molecule has 10 nitrogen and oxygen atoms in total. The molecule has 3 unspecified atom stereocenters. The Morgan fingerprint density at radius 1 is 1.27 bits per heavy atom. The van der Waals surface area contributed by atoms with Gasteiger partial charge in [-0.05, 0) is 52.3 Å². The highest BCUT2D eigenvalue weighted by atomic mass is 16.6. The van der Waals surface area contributed by atoms with Gasteiger partial charge in [-0.25, -0.2) is 14.3 Å². The van der Waals surface area contributed by atoms with Crippen LogP contribution in [-0.4, -0.2) is 74.2 Å². The molecule has 0 radical (unpaired) electrons. The summed E-state index contributed by atoms with van der Waals surface area (Å²) in [5, 5.41) is 23.8. The molecule has 1 amide bonds. The van der Waals surface area contributed by atoms with E-state index >= 15 is 0 Å². The second-order valence-electron chi connectivity index (χ2n) is 10.7. The van der Waals surface area contributed by atoms with Crippen LogP contribution < -0.4 is 9.64 Å². The maximum absolute atomic E-state index is 12.6. The fourth-order valence-electron chi connectivity index (χ4n) is 4.98. The number of rotatable bonds is 6. The molecule has 3 aliphatic rings. The van der Waals surface area contributed by atoms with Gasteiger partial charge in [0.2, 0.25) is 0 Å². The molecule has 3 aromatic heterocycles. The molecule has 3 aromatic rings. The van der Waals surface area contributed by atoms with Gasteiger partial charge in [0, 0.05) is 43.0 Å². The first-order chi connectivity index (χ1) is 17.6. The number of nitrogens with zero attached hydrogens (tertiary/aromatic N) is 6. The van der Waals surface area contributed by atoms with Crippen LogP contribution >= 0.6 is 0 Å². The molecule has 6 heterocycles. The summed E-state index contributed by atoms with van der Waals surface area (Å²) >= 11 is 0. The number of carbonyl (C=O) groups is 1. The van der Waals surface area contributed by atoms with Gasteiger partial charge in [-0.15, -0.1) is 5.10 Å². The van der Waals surface area contributed by atoms with E-state index in [1.165, 1.54) is 0 Å². The molecule has 6 rings (SSSR count). The van der Waals surface area contributed by atoms with E-state index in [0.29, 0.717) is 30.6 Å². The molecule has 194 valence electrons. The number of amides is 1. The van der Waals surface area contributed by atoms with E-state index in [9.17, 15) is 15.2 Å². The number of piperazine rings is 1. The molecule has 3 fully saturated rings. The molecule has 0 saturated carbocycles. The number of hydrogen-bond acceptors (Lipinski definition) is 8. The number of aromatic nitrogens is 3. The Labute approximate surface area is 216 Å². The minimum Gasteiger partial charge on any atom is -0.476 e. The standard InChI is InChI=1S/C27H32N6O4/c1-17(34)9-11-36-25-22(13-28)24-21(6-5-10-32(24)30-25)18-7-8-23(29-14-18)31-15-19-12-20(16-31)33(19)26(35)37-27(2,3)4/h5-8,10,14,17,19-20,34H,9,11-12,15-16H2,1-4H3. The van der Waals surface area contributed by atoms with Crippen LogP contribution in [-0.2, 0) is 4.74 Å². The van der Waals surface area contributed by atoms with Crippen LogP contribution in [0.1, 0.15) is 46.1 Å². The third-order valence-corrected chi connectivity index (χ3v) is 6.69. The summed E-state index contributed by atoms with van der Waals surface area (Å²) in [6.45, 7) is 9.04. The molecule has 1 N–H and O–H groups in total. The van der Waals surface area contributed by atoms with Crippen molar-refractivity contribution in [1.29, 1.82) is 5.26 Å². The number of piperidine rings is 1. The Bertz CT molecular complexity index is 1330. The highest BCUT2D eigenvalue weighted by Crippen LogP contribution is 2.36. The number of hydrogen-bond donors (Lipinski definition) is 1. The van der Waals surface area contributed by atoms with Crippen molar-refractivity contribution in [2.45, 2.75) is 64.3 Å². The first-order valence-corrected chi connectivity index (χ1v) is 12.6. The fourth-order valence-corrected chi connectivity index (χ4v) is 4.98. The molecule has 2 bridgehead atoms. The quantitative estimate of drug-likeness (QED) is 0.541. The van der Waals surface area contributed by atoms with Gasteiger partial charge in [-0.1, -0.05) is 6.07 Å². The number of carbonyl (C=O) groups excluding carboxylic acids is 1. The number of aliphatic hydroxyl groups excluding tert-OH is 1. The van der Waals surface area contributed by atoms with Gasteiger partial charge in [0.15, 0.2) is 0 Å². The second-order valence-corrected chi connectivity index (χ2v) is 10.7. The lowest BCUT2D eigenvalue weighted by atomic mass is 9.88. The summed E-state index contributed by atoms with van der Waals surface area (Å²) in [5.41, 5.74) is 2.18. The van der Waals surface area contributed by atoms with E-state index in [4.69, 9.17) is 14.5 Å². The van der Waals surface area contributed by atoms with Gasteiger partial charge in [0.25, 0.3) is 5.88 Å². The molecule has 0 aromatic carbocycles. The monoisotopic (exact) mass is 504 g/mol. The number of nitriles is 1. The third kappa shape index (κ3) is 4.91. The van der Waals surface area contributed by atoms with Gasteiger partial charge in [0.1, 0.15) is 23.1 Å². The van der Waals surface area contributed by atoms with Gasteiger partial charge in [-0.3, -0.25) is 4.90 Å². The Morgan fingerprint density at radius 2 is 2.03 bits per heavy atom. The van der Waals surface area contributed by atoms with E-state index < -0.39 is 11.7 Å². The molecule has 3 aliphatic heterocycles. The maximum atomic E-state index is 12.6. The molecule has 10 heteroatoms. The van der Waals surface area contributed by atoms with Crippen molar-refractivity contribution in [2.75, 3.05) is 24.6 Å². The normalized spacial score (nSPS) is 19.8. The van der Waals surface area contributed by atoms with Gasteiger partial charge >= 0.3 is 6.09 Å². The van der Waals surface area contributed by atoms with E-state index in [-0.39, 0.29) is 30.7 Å². The van der Waals surface area contributed by atoms with Crippen molar-refractivity contribution in [1.82, 2.24) is 19.5 Å². The highest BCUT2D eigenvalue weighted by molar-refractivity contribution is 5.85. The average molecular weight is 505 g/mol. The van der Waals surface area contributed by atoms with Crippen molar-refractivity contribution in [3.63, 3.8) is 0 Å². The molecule has 3 atom stereocenters. The molecular formula is C27H32N6O4. The van der Waals surface area contributed by atoms with E-state index in [1.54, 1.807) is 23.8 Å². The van der Waals surface area contributed by atoms with Crippen LogP contribution in [0, 0.1) is 11.3 Å². The zero-order valence-electron chi connectivity index (χ0n) is 21.6. The van der Waals surface area contributed by atoms with Crippen molar-refractivity contribution in [3.05, 3.63) is 42.2 Å². The average Bonchev–Trinajstić information content (AvgIpc) is 3.20. The summed E-state index contributed by atoms with van der Waals surface area (Å²) < 4.78 is 12.9. The van der Waals surface area contributed by atoms with E-state index in [1.807, 2.05) is 49.9 Å². The van der Waals surface area contributed by atoms with Crippen molar-refractivity contribution in [3.8, 4) is 23.1 Å². The topological polar surface area (TPSA) is 116 Å². The van der Waals surface area contributed by atoms with Gasteiger partial charge in [-0.2, -0.15) is 5.26 Å². The van der Waals surface area contributed by atoms with E-state index in [2.05, 4.69) is 16.1 Å². The lowest BCUT2D eigenvalue weighted by Crippen LogP contribution is -2.70. The van der Waals surface area contributed by atoms with Crippen molar-refractivity contribution >= 4 is 17.4 Å². The smallest absolute Gasteiger partial charge is 0.410 e. The minimum atomic E-state index is -0.507.